The zero-order valence-corrected chi connectivity index (χ0v) is 9.62. The third kappa shape index (κ3) is 2.27. The lowest BCUT2D eigenvalue weighted by molar-refractivity contribution is -0.0528. The predicted molar refractivity (Wildman–Crippen MR) is 57.4 cm³/mol. The van der Waals surface area contributed by atoms with Gasteiger partial charge in [0.2, 0.25) is 0 Å². The van der Waals surface area contributed by atoms with Gasteiger partial charge in [-0.25, -0.2) is 0 Å². The van der Waals surface area contributed by atoms with E-state index < -0.39 is 0 Å². The van der Waals surface area contributed by atoms with E-state index in [-0.39, 0.29) is 11.6 Å². The molecule has 14 heavy (non-hydrogen) atoms. The molecule has 1 N–H and O–H groups in total. The molecule has 1 aliphatic carbocycles. The van der Waals surface area contributed by atoms with E-state index in [0.717, 1.165) is 12.8 Å². The van der Waals surface area contributed by atoms with Crippen LogP contribution >= 0.6 is 0 Å². The van der Waals surface area contributed by atoms with Crippen LogP contribution < -0.4 is 0 Å². The summed E-state index contributed by atoms with van der Waals surface area (Å²) in [6, 6.07) is 0. The number of nitrogens with zero attached hydrogens (tertiary/aromatic N) is 1. The maximum atomic E-state index is 10.1. The molecule has 0 aromatic carbocycles. The lowest BCUT2D eigenvalue weighted by atomic mass is 9.89. The minimum Gasteiger partial charge on any atom is -0.389 e. The molecule has 3 heteroatoms. The molecule has 1 aliphatic rings. The number of ether oxygens (including phenoxy) is 1. The largest absolute Gasteiger partial charge is 0.389 e. The summed E-state index contributed by atoms with van der Waals surface area (Å²) in [5.41, 5.74) is -0.0326. The molecule has 0 saturated heterocycles. The quantitative estimate of drug-likeness (QED) is 0.727. The van der Waals surface area contributed by atoms with Gasteiger partial charge < -0.3 is 14.7 Å². The standard InChI is InChI=1S/C11H23NO2/c1-4-14-9-10(13)11(12(2)3)7-5-6-8-11/h10,13H,4-9H2,1-3H3. The van der Waals surface area contributed by atoms with Gasteiger partial charge in [0.05, 0.1) is 12.7 Å². The Labute approximate surface area is 87.1 Å². The molecule has 0 aromatic heterocycles. The third-order valence-electron chi connectivity index (χ3n) is 3.46. The van der Waals surface area contributed by atoms with Crippen LogP contribution in [-0.2, 0) is 4.74 Å². The van der Waals surface area contributed by atoms with Gasteiger partial charge in [0.15, 0.2) is 0 Å². The molecular weight excluding hydrogens is 178 g/mol. The summed E-state index contributed by atoms with van der Waals surface area (Å²) in [5, 5.41) is 10.1. The van der Waals surface area contributed by atoms with Crippen LogP contribution in [0.4, 0.5) is 0 Å². The van der Waals surface area contributed by atoms with Gasteiger partial charge in [-0.05, 0) is 33.9 Å². The second-order valence-electron chi connectivity index (χ2n) is 4.38. The van der Waals surface area contributed by atoms with Crippen LogP contribution in [0.15, 0.2) is 0 Å². The van der Waals surface area contributed by atoms with E-state index in [2.05, 4.69) is 19.0 Å². The zero-order valence-electron chi connectivity index (χ0n) is 9.62. The normalized spacial score (nSPS) is 22.9. The maximum absolute atomic E-state index is 10.1. The molecule has 3 nitrogen and oxygen atoms in total. The van der Waals surface area contributed by atoms with E-state index in [1.807, 2.05) is 6.92 Å². The molecule has 0 heterocycles. The average molecular weight is 201 g/mol. The third-order valence-corrected chi connectivity index (χ3v) is 3.46. The molecule has 0 aromatic rings. The SMILES string of the molecule is CCOCC(O)C1(N(C)C)CCCC1. The van der Waals surface area contributed by atoms with Crippen LogP contribution in [0.2, 0.25) is 0 Å². The van der Waals surface area contributed by atoms with Crippen LogP contribution in [0.5, 0.6) is 0 Å². The Hall–Kier alpha value is -0.120. The van der Waals surface area contributed by atoms with Gasteiger partial charge in [-0.2, -0.15) is 0 Å². The van der Waals surface area contributed by atoms with Crippen LogP contribution in [0.25, 0.3) is 0 Å². The van der Waals surface area contributed by atoms with Crippen molar-refractivity contribution in [2.45, 2.75) is 44.2 Å². The van der Waals surface area contributed by atoms with Crippen molar-refractivity contribution in [1.82, 2.24) is 4.90 Å². The van der Waals surface area contributed by atoms with Crippen LogP contribution in [-0.4, -0.2) is 49.0 Å². The van der Waals surface area contributed by atoms with Crippen LogP contribution in [0.3, 0.4) is 0 Å². The minimum atomic E-state index is -0.347. The molecular formula is C11H23NO2. The highest BCUT2D eigenvalue weighted by Gasteiger charge is 2.42. The van der Waals surface area contributed by atoms with Crippen LogP contribution in [0.1, 0.15) is 32.6 Å². The molecule has 0 aliphatic heterocycles. The van der Waals surface area contributed by atoms with E-state index in [1.165, 1.54) is 12.8 Å². The number of rotatable bonds is 5. The molecule has 1 unspecified atom stereocenters. The van der Waals surface area contributed by atoms with Crippen molar-refractivity contribution in [3.8, 4) is 0 Å². The second-order valence-corrected chi connectivity index (χ2v) is 4.38. The van der Waals surface area contributed by atoms with Crippen molar-refractivity contribution in [3.05, 3.63) is 0 Å². The Morgan fingerprint density at radius 3 is 2.36 bits per heavy atom. The summed E-state index contributed by atoms with van der Waals surface area (Å²) in [6.07, 6.45) is 4.28. The molecule has 1 saturated carbocycles. The van der Waals surface area contributed by atoms with Crippen LogP contribution in [0, 0.1) is 0 Å². The van der Waals surface area contributed by atoms with Crippen molar-refractivity contribution in [3.63, 3.8) is 0 Å². The fourth-order valence-electron chi connectivity index (χ4n) is 2.45. The summed E-state index contributed by atoms with van der Waals surface area (Å²) >= 11 is 0. The first-order valence-electron chi connectivity index (χ1n) is 5.56. The van der Waals surface area contributed by atoms with E-state index in [1.54, 1.807) is 0 Å². The summed E-state index contributed by atoms with van der Waals surface area (Å²) in [4.78, 5) is 2.17. The number of aliphatic hydroxyl groups is 1. The van der Waals surface area contributed by atoms with Crippen molar-refractivity contribution in [1.29, 1.82) is 0 Å². The van der Waals surface area contributed by atoms with Gasteiger partial charge in [-0.3, -0.25) is 0 Å². The number of likely N-dealkylation sites (N-methyl/N-ethyl adjacent to an activating group) is 1. The molecule has 1 atom stereocenters. The van der Waals surface area contributed by atoms with Gasteiger partial charge >= 0.3 is 0 Å². The average Bonchev–Trinajstić information content (AvgIpc) is 2.63. The summed E-state index contributed by atoms with van der Waals surface area (Å²) in [5.74, 6) is 0. The second kappa shape index (κ2) is 5.10. The molecule has 84 valence electrons. The number of aliphatic hydroxyl groups excluding tert-OH is 1. The van der Waals surface area contributed by atoms with E-state index in [9.17, 15) is 5.11 Å². The lowest BCUT2D eigenvalue weighted by Gasteiger charge is -2.40. The zero-order chi connectivity index (χ0) is 10.6. The van der Waals surface area contributed by atoms with Crippen molar-refractivity contribution in [2.24, 2.45) is 0 Å². The van der Waals surface area contributed by atoms with Gasteiger partial charge in [-0.1, -0.05) is 12.8 Å². The van der Waals surface area contributed by atoms with Crippen molar-refractivity contribution < 1.29 is 9.84 Å². The van der Waals surface area contributed by atoms with Gasteiger partial charge in [0.25, 0.3) is 0 Å². The summed E-state index contributed by atoms with van der Waals surface area (Å²) < 4.78 is 5.31. The van der Waals surface area contributed by atoms with Gasteiger partial charge in [-0.15, -0.1) is 0 Å². The van der Waals surface area contributed by atoms with Crippen molar-refractivity contribution in [2.75, 3.05) is 27.3 Å². The van der Waals surface area contributed by atoms with E-state index in [0.29, 0.717) is 13.2 Å². The highest BCUT2D eigenvalue weighted by Crippen LogP contribution is 2.36. The Morgan fingerprint density at radius 1 is 1.36 bits per heavy atom. The fourth-order valence-corrected chi connectivity index (χ4v) is 2.45. The Bertz CT molecular complexity index is 165. The molecule has 0 spiro atoms. The Kier molecular flexibility index (Phi) is 4.35. The topological polar surface area (TPSA) is 32.7 Å². The molecule has 0 radical (unpaired) electrons. The Balaban J connectivity index is 2.57. The first kappa shape index (κ1) is 12.0. The van der Waals surface area contributed by atoms with E-state index >= 15 is 0 Å². The molecule has 1 rings (SSSR count). The molecule has 0 amide bonds. The fraction of sp³-hybridized carbons (Fsp3) is 1.00. The summed E-state index contributed by atoms with van der Waals surface area (Å²) in [6.45, 7) is 3.11. The lowest BCUT2D eigenvalue weighted by Crippen LogP contribution is -2.53. The first-order valence-corrected chi connectivity index (χ1v) is 5.56. The highest BCUT2D eigenvalue weighted by atomic mass is 16.5. The van der Waals surface area contributed by atoms with Gasteiger partial charge in [0.1, 0.15) is 0 Å². The number of hydrogen-bond donors (Lipinski definition) is 1. The first-order chi connectivity index (χ1) is 6.63. The molecule has 0 bridgehead atoms. The number of hydrogen-bond acceptors (Lipinski definition) is 3. The Morgan fingerprint density at radius 2 is 1.93 bits per heavy atom. The monoisotopic (exact) mass is 201 g/mol. The predicted octanol–water partition coefficient (Wildman–Crippen LogP) is 1.26. The molecule has 1 fully saturated rings. The van der Waals surface area contributed by atoms with Crippen molar-refractivity contribution >= 4 is 0 Å². The minimum absolute atomic E-state index is 0.0326. The van der Waals surface area contributed by atoms with E-state index in [4.69, 9.17) is 4.74 Å². The maximum Gasteiger partial charge on any atom is 0.0956 e. The highest BCUT2D eigenvalue weighted by molar-refractivity contribution is 4.98. The summed E-state index contributed by atoms with van der Waals surface area (Å²) in [7, 11) is 4.11. The smallest absolute Gasteiger partial charge is 0.0956 e. The van der Waals surface area contributed by atoms with Gasteiger partial charge in [0, 0.05) is 12.1 Å².